The van der Waals surface area contributed by atoms with E-state index in [2.05, 4.69) is 60.2 Å². The summed E-state index contributed by atoms with van der Waals surface area (Å²) < 4.78 is 7.95. The molecule has 31 heavy (non-hydrogen) atoms. The van der Waals surface area contributed by atoms with E-state index in [9.17, 15) is 0 Å². The van der Waals surface area contributed by atoms with Gasteiger partial charge in [0, 0.05) is 5.92 Å². The topological polar surface area (TPSA) is 53.0 Å². The quantitative estimate of drug-likeness (QED) is 0.460. The van der Waals surface area contributed by atoms with Gasteiger partial charge in [0.05, 0.1) is 5.76 Å². The summed E-state index contributed by atoms with van der Waals surface area (Å²) in [4.78, 5) is 0. The Morgan fingerprint density at radius 3 is 2.94 bits per heavy atom. The zero-order valence-corrected chi connectivity index (χ0v) is 18.9. The van der Waals surface area contributed by atoms with Crippen LogP contribution in [0.25, 0.3) is 0 Å². The summed E-state index contributed by atoms with van der Waals surface area (Å²) in [6, 6.07) is 8.64. The number of ether oxygens (including phenoxy) is 1. The van der Waals surface area contributed by atoms with Crippen LogP contribution in [0, 0.1) is 11.8 Å². The van der Waals surface area contributed by atoms with E-state index in [0.717, 1.165) is 61.8 Å². The van der Waals surface area contributed by atoms with Gasteiger partial charge in [-0.15, -0.1) is 0 Å². The molecule has 2 heterocycles. The van der Waals surface area contributed by atoms with Crippen LogP contribution in [0.4, 0.5) is 11.5 Å². The van der Waals surface area contributed by atoms with Gasteiger partial charge in [0.15, 0.2) is 0 Å². The van der Waals surface area contributed by atoms with Gasteiger partial charge in [-0.3, -0.25) is 0 Å². The first-order chi connectivity index (χ1) is 14.9. The first kappa shape index (κ1) is 21.6. The molecular formula is C25H33BN4O+. The number of aromatic nitrogens is 2. The molecule has 161 valence electrons. The number of nitrogens with zero attached hydrogens (tertiary/aromatic N) is 2. The van der Waals surface area contributed by atoms with Crippen LogP contribution in [0.15, 0.2) is 48.4 Å². The fraction of sp³-hybridized carbons (Fsp3) is 0.480. The van der Waals surface area contributed by atoms with E-state index in [1.165, 1.54) is 16.8 Å². The third-order valence-electron chi connectivity index (χ3n) is 6.55. The Bertz CT molecular complexity index is 1010. The molecule has 1 radical (unpaired) electrons. The Kier molecular flexibility index (Phi) is 6.44. The monoisotopic (exact) mass is 416 g/mol. The normalized spacial score (nSPS) is 21.3. The van der Waals surface area contributed by atoms with Crippen LogP contribution in [0.1, 0.15) is 62.8 Å². The Morgan fingerprint density at radius 2 is 2.16 bits per heavy atom. The summed E-state index contributed by atoms with van der Waals surface area (Å²) in [7, 11) is 5.98. The van der Waals surface area contributed by atoms with Gasteiger partial charge in [-0.25, -0.2) is 0 Å². The average Bonchev–Trinajstić information content (AvgIpc) is 3.41. The van der Waals surface area contributed by atoms with Gasteiger partial charge < -0.3 is 4.74 Å². The average molecular weight is 416 g/mol. The Balaban J connectivity index is 1.37. The van der Waals surface area contributed by atoms with Crippen LogP contribution in [0.3, 0.4) is 0 Å². The minimum absolute atomic E-state index is 0.372. The van der Waals surface area contributed by atoms with E-state index in [1.807, 2.05) is 17.5 Å². The molecular weight excluding hydrogens is 383 g/mol. The summed E-state index contributed by atoms with van der Waals surface area (Å²) in [5.41, 5.74) is 4.89. The summed E-state index contributed by atoms with van der Waals surface area (Å²) in [6.45, 7) is 12.2. The number of aromatic amines is 1. The van der Waals surface area contributed by atoms with Crippen molar-refractivity contribution in [1.82, 2.24) is 10.2 Å². The second kappa shape index (κ2) is 9.25. The molecule has 1 aromatic carbocycles. The van der Waals surface area contributed by atoms with Gasteiger partial charge in [0.25, 0.3) is 0 Å². The van der Waals surface area contributed by atoms with Gasteiger partial charge in [0.2, 0.25) is 0 Å². The number of fused-ring (bicyclic) bond motifs is 1. The molecule has 1 aromatic heterocycles. The molecule has 1 aliphatic carbocycles. The van der Waals surface area contributed by atoms with E-state index in [0.29, 0.717) is 17.8 Å². The molecule has 0 spiro atoms. The van der Waals surface area contributed by atoms with Gasteiger partial charge in [-0.1, -0.05) is 20.4 Å². The fourth-order valence-electron chi connectivity index (χ4n) is 4.72. The summed E-state index contributed by atoms with van der Waals surface area (Å²) >= 11 is 0. The molecule has 0 saturated heterocycles. The van der Waals surface area contributed by atoms with Crippen molar-refractivity contribution in [3.8, 4) is 0 Å². The van der Waals surface area contributed by atoms with Crippen LogP contribution in [0.5, 0.6) is 0 Å². The van der Waals surface area contributed by atoms with Crippen molar-refractivity contribution in [2.75, 3.05) is 11.9 Å². The zero-order valence-electron chi connectivity index (χ0n) is 18.9. The van der Waals surface area contributed by atoms with Crippen molar-refractivity contribution in [3.63, 3.8) is 0 Å². The van der Waals surface area contributed by atoms with Crippen molar-refractivity contribution in [2.45, 2.75) is 58.9 Å². The third-order valence-corrected chi connectivity index (χ3v) is 6.55. The molecule has 4 rings (SSSR count). The van der Waals surface area contributed by atoms with E-state index >= 15 is 0 Å². The molecule has 0 amide bonds. The van der Waals surface area contributed by atoms with E-state index in [1.54, 1.807) is 0 Å². The van der Waals surface area contributed by atoms with Crippen molar-refractivity contribution >= 4 is 19.1 Å². The second-order valence-electron chi connectivity index (χ2n) is 9.16. The van der Waals surface area contributed by atoms with Gasteiger partial charge >= 0.3 is 131 Å². The Labute approximate surface area is 186 Å². The SMILES string of the molecule is [B]=[N+]1CCc2ccc(Nc3cc(C4CCC(C(=C)O/C(=C\C)C(C)C)C4)[nH]n3)cc2C1. The third kappa shape index (κ3) is 5.00. The number of hydrogen-bond acceptors (Lipinski definition) is 3. The fourth-order valence-corrected chi connectivity index (χ4v) is 4.72. The molecule has 1 fully saturated rings. The predicted octanol–water partition coefficient (Wildman–Crippen LogP) is 5.55. The Hall–Kier alpha value is -2.63. The summed E-state index contributed by atoms with van der Waals surface area (Å²) in [5, 5.41) is 11.2. The number of nitrogens with one attached hydrogen (secondary N) is 2. The summed E-state index contributed by atoms with van der Waals surface area (Å²) in [6.07, 6.45) is 6.30. The van der Waals surface area contributed by atoms with Crippen molar-refractivity contribution in [1.29, 1.82) is 0 Å². The molecule has 5 nitrogen and oxygen atoms in total. The standard InChI is InChI=1S/C25H33BN4O/c1-5-24(16(2)3)31-17(4)19-6-7-20(12-19)23-14-25(29-28-23)27-22-9-8-18-10-11-30(26)15-21(18)13-22/h5,8-9,13-14,16,19-20H,4,6-7,10-12,15H2,1-3H3,(H2,27,28,29)/q+1/b24-5-. The zero-order chi connectivity index (χ0) is 22.0. The van der Waals surface area contributed by atoms with Crippen LogP contribution in [-0.4, -0.2) is 28.9 Å². The minimum atomic E-state index is 0.372. The molecule has 2 N–H and O–H groups in total. The summed E-state index contributed by atoms with van der Waals surface area (Å²) in [5.74, 6) is 3.96. The molecule has 2 aliphatic rings. The van der Waals surface area contributed by atoms with Crippen LogP contribution < -0.4 is 5.32 Å². The number of benzene rings is 1. The van der Waals surface area contributed by atoms with Gasteiger partial charge in [-0.05, 0) is 13.0 Å². The van der Waals surface area contributed by atoms with E-state index in [4.69, 9.17) is 12.4 Å². The van der Waals surface area contributed by atoms with Crippen molar-refractivity contribution < 1.29 is 9.22 Å². The maximum atomic E-state index is 6.08. The molecule has 2 unspecified atom stereocenters. The molecule has 0 bridgehead atoms. The predicted molar refractivity (Wildman–Crippen MR) is 126 cm³/mol. The molecule has 6 heteroatoms. The van der Waals surface area contributed by atoms with Crippen molar-refractivity contribution in [3.05, 3.63) is 65.3 Å². The number of hydrogen-bond donors (Lipinski definition) is 2. The van der Waals surface area contributed by atoms with Gasteiger partial charge in [-0.2, -0.15) is 0 Å². The van der Waals surface area contributed by atoms with Crippen molar-refractivity contribution in [2.24, 2.45) is 11.8 Å². The molecule has 1 aliphatic heterocycles. The van der Waals surface area contributed by atoms with E-state index in [-0.39, 0.29) is 0 Å². The molecule has 2 aromatic rings. The molecule has 2 atom stereocenters. The van der Waals surface area contributed by atoms with Gasteiger partial charge in [0.1, 0.15) is 5.76 Å². The molecule has 1 saturated carbocycles. The Morgan fingerprint density at radius 1 is 1.32 bits per heavy atom. The van der Waals surface area contributed by atoms with Crippen LogP contribution in [0.2, 0.25) is 0 Å². The number of anilines is 2. The number of allylic oxidation sites excluding steroid dienone is 3. The van der Waals surface area contributed by atoms with E-state index < -0.39 is 0 Å². The number of H-pyrrole nitrogens is 1. The van der Waals surface area contributed by atoms with Crippen LogP contribution >= 0.6 is 0 Å². The second-order valence-corrected chi connectivity index (χ2v) is 9.16. The maximum absolute atomic E-state index is 6.08. The van der Waals surface area contributed by atoms with Crippen LogP contribution in [-0.2, 0) is 17.7 Å². The number of rotatable bonds is 7. The first-order valence-electron chi connectivity index (χ1n) is 11.4. The first-order valence-corrected chi connectivity index (χ1v) is 11.4.